The standard InChI is InChI=1S/C14H20BrNO.ClH/c15-14-3-1-2-13(10-14)11-17-9-6-12-4-7-16-8-5-12;/h1-3,10,12,16H,4-9,11H2;1H. The third-order valence-corrected chi connectivity index (χ3v) is 3.78. The fourth-order valence-electron chi connectivity index (χ4n) is 2.24. The van der Waals surface area contributed by atoms with Crippen molar-refractivity contribution in [3.05, 3.63) is 34.3 Å². The lowest BCUT2D eigenvalue weighted by atomic mass is 9.95. The summed E-state index contributed by atoms with van der Waals surface area (Å²) in [5, 5.41) is 3.39. The SMILES string of the molecule is Brc1cccc(COCCC2CCNCC2)c1.Cl. The molecule has 1 aromatic carbocycles. The molecule has 1 aliphatic rings. The molecule has 2 rings (SSSR count). The first kappa shape index (κ1) is 16.0. The number of piperidine rings is 1. The Hall–Kier alpha value is -0.0900. The monoisotopic (exact) mass is 333 g/mol. The maximum atomic E-state index is 5.74. The van der Waals surface area contributed by atoms with Gasteiger partial charge in [-0.3, -0.25) is 0 Å². The van der Waals surface area contributed by atoms with Crippen LogP contribution in [0.2, 0.25) is 0 Å². The fraction of sp³-hybridized carbons (Fsp3) is 0.571. The van der Waals surface area contributed by atoms with E-state index in [0.717, 1.165) is 23.6 Å². The van der Waals surface area contributed by atoms with E-state index in [1.54, 1.807) is 0 Å². The Bertz CT molecular complexity index is 342. The first-order valence-corrected chi connectivity index (χ1v) is 7.17. The Kier molecular flexibility index (Phi) is 7.91. The maximum absolute atomic E-state index is 5.74. The van der Waals surface area contributed by atoms with E-state index >= 15 is 0 Å². The first-order valence-electron chi connectivity index (χ1n) is 6.37. The van der Waals surface area contributed by atoms with Crippen LogP contribution in [0.1, 0.15) is 24.8 Å². The molecule has 1 heterocycles. The van der Waals surface area contributed by atoms with Gasteiger partial charge in [-0.1, -0.05) is 28.1 Å². The van der Waals surface area contributed by atoms with E-state index in [9.17, 15) is 0 Å². The summed E-state index contributed by atoms with van der Waals surface area (Å²) in [5.41, 5.74) is 1.24. The molecule has 1 aliphatic heterocycles. The molecular formula is C14H21BrClNO. The predicted molar refractivity (Wildman–Crippen MR) is 81.3 cm³/mol. The van der Waals surface area contributed by atoms with E-state index in [1.807, 2.05) is 6.07 Å². The van der Waals surface area contributed by atoms with Crippen LogP contribution in [0.5, 0.6) is 0 Å². The highest BCUT2D eigenvalue weighted by Gasteiger charge is 2.12. The van der Waals surface area contributed by atoms with Crippen molar-refractivity contribution >= 4 is 28.3 Å². The molecule has 1 saturated heterocycles. The largest absolute Gasteiger partial charge is 0.377 e. The summed E-state index contributed by atoms with van der Waals surface area (Å²) in [5.74, 6) is 0.860. The van der Waals surface area contributed by atoms with Gasteiger partial charge in [0.2, 0.25) is 0 Å². The molecule has 0 amide bonds. The van der Waals surface area contributed by atoms with E-state index in [1.165, 1.54) is 37.9 Å². The average Bonchev–Trinajstić information content (AvgIpc) is 2.36. The van der Waals surface area contributed by atoms with Crippen molar-refractivity contribution in [2.75, 3.05) is 19.7 Å². The minimum Gasteiger partial charge on any atom is -0.377 e. The van der Waals surface area contributed by atoms with Crippen LogP contribution in [0.25, 0.3) is 0 Å². The van der Waals surface area contributed by atoms with Gasteiger partial charge in [-0.05, 0) is 56.0 Å². The van der Waals surface area contributed by atoms with E-state index in [4.69, 9.17) is 4.74 Å². The summed E-state index contributed by atoms with van der Waals surface area (Å²) >= 11 is 3.47. The number of ether oxygens (including phenoxy) is 1. The molecule has 4 heteroatoms. The lowest BCUT2D eigenvalue weighted by Crippen LogP contribution is -2.28. The van der Waals surface area contributed by atoms with Crippen molar-refractivity contribution in [2.45, 2.75) is 25.9 Å². The molecule has 18 heavy (non-hydrogen) atoms. The Morgan fingerprint density at radius 2 is 2.06 bits per heavy atom. The number of hydrogen-bond acceptors (Lipinski definition) is 2. The van der Waals surface area contributed by atoms with Gasteiger partial charge >= 0.3 is 0 Å². The zero-order chi connectivity index (χ0) is 11.9. The van der Waals surface area contributed by atoms with Crippen LogP contribution in [0.3, 0.4) is 0 Å². The van der Waals surface area contributed by atoms with Gasteiger partial charge in [0.1, 0.15) is 0 Å². The Morgan fingerprint density at radius 3 is 2.78 bits per heavy atom. The Balaban J connectivity index is 0.00000162. The molecule has 1 N–H and O–H groups in total. The number of rotatable bonds is 5. The highest BCUT2D eigenvalue weighted by molar-refractivity contribution is 9.10. The molecule has 2 nitrogen and oxygen atoms in total. The summed E-state index contributed by atoms with van der Waals surface area (Å²) in [6.45, 7) is 3.97. The van der Waals surface area contributed by atoms with Gasteiger partial charge in [-0.25, -0.2) is 0 Å². The molecular weight excluding hydrogens is 314 g/mol. The number of hydrogen-bond donors (Lipinski definition) is 1. The van der Waals surface area contributed by atoms with Gasteiger partial charge in [0, 0.05) is 11.1 Å². The molecule has 0 radical (unpaired) electrons. The molecule has 102 valence electrons. The van der Waals surface area contributed by atoms with Gasteiger partial charge in [0.15, 0.2) is 0 Å². The summed E-state index contributed by atoms with van der Waals surface area (Å²) in [6, 6.07) is 8.31. The van der Waals surface area contributed by atoms with Crippen LogP contribution >= 0.6 is 28.3 Å². The minimum atomic E-state index is 0. The van der Waals surface area contributed by atoms with E-state index < -0.39 is 0 Å². The molecule has 0 saturated carbocycles. The number of halogens is 2. The third-order valence-electron chi connectivity index (χ3n) is 3.29. The van der Waals surface area contributed by atoms with Crippen molar-refractivity contribution in [1.82, 2.24) is 5.32 Å². The quantitative estimate of drug-likeness (QED) is 0.828. The predicted octanol–water partition coefficient (Wildman–Crippen LogP) is 3.78. The maximum Gasteiger partial charge on any atom is 0.0717 e. The average molecular weight is 335 g/mol. The van der Waals surface area contributed by atoms with Crippen LogP contribution in [0, 0.1) is 5.92 Å². The molecule has 1 aromatic rings. The summed E-state index contributed by atoms with van der Waals surface area (Å²) < 4.78 is 6.86. The van der Waals surface area contributed by atoms with Gasteiger partial charge in [-0.2, -0.15) is 0 Å². The normalized spacial score (nSPS) is 16.3. The van der Waals surface area contributed by atoms with Crippen LogP contribution in [0.4, 0.5) is 0 Å². The highest BCUT2D eigenvalue weighted by Crippen LogP contribution is 2.16. The molecule has 0 unspecified atom stereocenters. The zero-order valence-electron chi connectivity index (χ0n) is 10.5. The Labute approximate surface area is 124 Å². The van der Waals surface area contributed by atoms with Crippen LogP contribution in [-0.4, -0.2) is 19.7 Å². The second-order valence-corrected chi connectivity index (χ2v) is 5.58. The summed E-state index contributed by atoms with van der Waals surface area (Å²) in [4.78, 5) is 0. The number of nitrogens with one attached hydrogen (secondary N) is 1. The second kappa shape index (κ2) is 8.92. The van der Waals surface area contributed by atoms with Crippen molar-refractivity contribution in [3.63, 3.8) is 0 Å². The van der Waals surface area contributed by atoms with E-state index in [-0.39, 0.29) is 12.4 Å². The number of benzene rings is 1. The molecule has 0 spiro atoms. The lowest BCUT2D eigenvalue weighted by molar-refractivity contribution is 0.103. The van der Waals surface area contributed by atoms with E-state index in [0.29, 0.717) is 0 Å². The van der Waals surface area contributed by atoms with Gasteiger partial charge in [0.25, 0.3) is 0 Å². The van der Waals surface area contributed by atoms with Gasteiger partial charge < -0.3 is 10.1 Å². The summed E-state index contributed by atoms with van der Waals surface area (Å²) in [6.07, 6.45) is 3.82. The minimum absolute atomic E-state index is 0. The van der Waals surface area contributed by atoms with Crippen molar-refractivity contribution in [2.24, 2.45) is 5.92 Å². The lowest BCUT2D eigenvalue weighted by Gasteiger charge is -2.22. The molecule has 1 fully saturated rings. The molecule has 0 bridgehead atoms. The van der Waals surface area contributed by atoms with Crippen LogP contribution in [-0.2, 0) is 11.3 Å². The van der Waals surface area contributed by atoms with Crippen molar-refractivity contribution in [3.8, 4) is 0 Å². The zero-order valence-corrected chi connectivity index (χ0v) is 12.9. The van der Waals surface area contributed by atoms with Crippen LogP contribution in [0.15, 0.2) is 28.7 Å². The third kappa shape index (κ3) is 5.70. The highest BCUT2D eigenvalue weighted by atomic mass is 79.9. The van der Waals surface area contributed by atoms with Gasteiger partial charge in [0.05, 0.1) is 6.61 Å². The molecule has 0 atom stereocenters. The van der Waals surface area contributed by atoms with E-state index in [2.05, 4.69) is 39.4 Å². The smallest absolute Gasteiger partial charge is 0.0717 e. The molecule has 0 aromatic heterocycles. The van der Waals surface area contributed by atoms with Gasteiger partial charge in [-0.15, -0.1) is 12.4 Å². The topological polar surface area (TPSA) is 21.3 Å². The van der Waals surface area contributed by atoms with Crippen molar-refractivity contribution < 1.29 is 4.74 Å². The second-order valence-electron chi connectivity index (χ2n) is 4.66. The first-order chi connectivity index (χ1) is 8.34. The summed E-state index contributed by atoms with van der Waals surface area (Å²) in [7, 11) is 0. The molecule has 0 aliphatic carbocycles. The Morgan fingerprint density at radius 1 is 1.28 bits per heavy atom. The van der Waals surface area contributed by atoms with Crippen LogP contribution < -0.4 is 5.32 Å². The van der Waals surface area contributed by atoms with Crippen molar-refractivity contribution in [1.29, 1.82) is 0 Å². The fourth-order valence-corrected chi connectivity index (χ4v) is 2.68.